The van der Waals surface area contributed by atoms with Crippen molar-refractivity contribution in [2.24, 2.45) is 11.8 Å². The predicted octanol–water partition coefficient (Wildman–Crippen LogP) is 2.53. The number of nitrogens with zero attached hydrogens (tertiary/aromatic N) is 2. The van der Waals surface area contributed by atoms with Crippen molar-refractivity contribution in [2.75, 3.05) is 26.7 Å². The number of carbonyl (C=O) groups is 1. The molecule has 132 valence electrons. The van der Waals surface area contributed by atoms with Gasteiger partial charge in [0.1, 0.15) is 5.75 Å². The van der Waals surface area contributed by atoms with Gasteiger partial charge in [-0.1, -0.05) is 19.3 Å². The Balaban J connectivity index is 1.47. The molecule has 0 radical (unpaired) electrons. The van der Waals surface area contributed by atoms with E-state index < -0.39 is 0 Å². The second-order valence-electron chi connectivity index (χ2n) is 7.21. The van der Waals surface area contributed by atoms with E-state index in [1.807, 2.05) is 6.92 Å². The number of carbonyl (C=O) groups excluding carboxylic acids is 1. The number of ether oxygens (including phenoxy) is 1. The maximum absolute atomic E-state index is 11.5. The molecule has 1 amide bonds. The summed E-state index contributed by atoms with van der Waals surface area (Å²) in [5, 5.41) is 2.71. The van der Waals surface area contributed by atoms with Gasteiger partial charge in [0, 0.05) is 26.7 Å². The highest BCUT2D eigenvalue weighted by Gasteiger charge is 2.31. The zero-order chi connectivity index (χ0) is 16.9. The molecule has 1 saturated carbocycles. The Labute approximate surface area is 144 Å². The van der Waals surface area contributed by atoms with E-state index in [9.17, 15) is 4.79 Å². The number of likely N-dealkylation sites (tertiary alicyclic amines) is 1. The van der Waals surface area contributed by atoms with Crippen LogP contribution in [0.5, 0.6) is 5.75 Å². The Morgan fingerprint density at radius 2 is 2.04 bits per heavy atom. The second kappa shape index (κ2) is 7.97. The number of amides is 1. The fourth-order valence-electron chi connectivity index (χ4n) is 3.70. The van der Waals surface area contributed by atoms with Gasteiger partial charge in [-0.3, -0.25) is 14.7 Å². The molecule has 3 rings (SSSR count). The lowest BCUT2D eigenvalue weighted by atomic mass is 9.90. The van der Waals surface area contributed by atoms with E-state index >= 15 is 0 Å². The summed E-state index contributed by atoms with van der Waals surface area (Å²) < 4.78 is 6.01. The molecule has 1 N–H and O–H groups in total. The molecule has 0 aromatic carbocycles. The van der Waals surface area contributed by atoms with Crippen molar-refractivity contribution >= 4 is 5.91 Å². The van der Waals surface area contributed by atoms with E-state index in [4.69, 9.17) is 4.74 Å². The number of hydrogen-bond acceptors (Lipinski definition) is 4. The van der Waals surface area contributed by atoms with Crippen LogP contribution in [-0.2, 0) is 11.3 Å². The normalized spacial score (nSPS) is 19.8. The van der Waals surface area contributed by atoms with Gasteiger partial charge < -0.3 is 10.1 Å². The fraction of sp³-hybridized carbons (Fsp3) is 0.684. The van der Waals surface area contributed by atoms with Crippen LogP contribution in [0.15, 0.2) is 12.1 Å². The monoisotopic (exact) mass is 331 g/mol. The molecular weight excluding hydrogens is 302 g/mol. The number of hydrogen-bond donors (Lipinski definition) is 1. The van der Waals surface area contributed by atoms with Gasteiger partial charge in [-0.15, -0.1) is 0 Å². The highest BCUT2D eigenvalue weighted by atomic mass is 16.5. The van der Waals surface area contributed by atoms with E-state index in [1.165, 1.54) is 32.1 Å². The second-order valence-corrected chi connectivity index (χ2v) is 7.21. The Kier molecular flexibility index (Phi) is 5.72. The molecule has 0 unspecified atom stereocenters. The van der Waals surface area contributed by atoms with Gasteiger partial charge >= 0.3 is 0 Å². The van der Waals surface area contributed by atoms with Crippen LogP contribution in [0.2, 0.25) is 0 Å². The first kappa shape index (κ1) is 17.2. The SMILES string of the molecule is CNC(=O)C1CN(Cc2ccc(OCC3CCCCC3)c(C)n2)C1. The summed E-state index contributed by atoms with van der Waals surface area (Å²) in [5.74, 6) is 1.90. The average Bonchev–Trinajstić information content (AvgIpc) is 2.57. The Hall–Kier alpha value is -1.62. The van der Waals surface area contributed by atoms with Crippen LogP contribution in [0.1, 0.15) is 43.5 Å². The maximum atomic E-state index is 11.5. The van der Waals surface area contributed by atoms with Crippen molar-refractivity contribution in [3.8, 4) is 5.75 Å². The van der Waals surface area contributed by atoms with Crippen LogP contribution in [0.25, 0.3) is 0 Å². The number of pyridine rings is 1. The molecule has 5 heteroatoms. The largest absolute Gasteiger partial charge is 0.491 e. The van der Waals surface area contributed by atoms with Crippen molar-refractivity contribution in [1.29, 1.82) is 0 Å². The van der Waals surface area contributed by atoms with Gasteiger partial charge in [-0.05, 0) is 37.8 Å². The third-order valence-corrected chi connectivity index (χ3v) is 5.25. The fourth-order valence-corrected chi connectivity index (χ4v) is 3.70. The Morgan fingerprint density at radius 1 is 1.29 bits per heavy atom. The van der Waals surface area contributed by atoms with Crippen LogP contribution in [-0.4, -0.2) is 42.5 Å². The first-order valence-electron chi connectivity index (χ1n) is 9.19. The molecule has 5 nitrogen and oxygen atoms in total. The molecule has 0 spiro atoms. The molecule has 0 atom stereocenters. The van der Waals surface area contributed by atoms with Gasteiger partial charge in [0.15, 0.2) is 0 Å². The van der Waals surface area contributed by atoms with Crippen LogP contribution < -0.4 is 10.1 Å². The van der Waals surface area contributed by atoms with E-state index in [0.29, 0.717) is 5.92 Å². The summed E-state index contributed by atoms with van der Waals surface area (Å²) in [4.78, 5) is 18.5. The summed E-state index contributed by atoms with van der Waals surface area (Å²) in [6, 6.07) is 4.10. The summed E-state index contributed by atoms with van der Waals surface area (Å²) in [6.45, 7) is 5.28. The summed E-state index contributed by atoms with van der Waals surface area (Å²) in [5.41, 5.74) is 2.01. The number of aromatic nitrogens is 1. The van der Waals surface area contributed by atoms with E-state index in [-0.39, 0.29) is 11.8 Å². The van der Waals surface area contributed by atoms with Crippen LogP contribution in [0, 0.1) is 18.8 Å². The van der Waals surface area contributed by atoms with Gasteiger partial charge in [0.05, 0.1) is 23.9 Å². The van der Waals surface area contributed by atoms with Gasteiger partial charge in [-0.25, -0.2) is 0 Å². The predicted molar refractivity (Wildman–Crippen MR) is 93.9 cm³/mol. The van der Waals surface area contributed by atoms with Crippen molar-refractivity contribution < 1.29 is 9.53 Å². The first-order valence-corrected chi connectivity index (χ1v) is 9.19. The third-order valence-electron chi connectivity index (χ3n) is 5.25. The third kappa shape index (κ3) is 4.26. The quantitative estimate of drug-likeness (QED) is 0.870. The van der Waals surface area contributed by atoms with Crippen LogP contribution >= 0.6 is 0 Å². The van der Waals surface area contributed by atoms with Crippen LogP contribution in [0.3, 0.4) is 0 Å². The smallest absolute Gasteiger partial charge is 0.225 e. The molecule has 1 aromatic heterocycles. The zero-order valence-corrected chi connectivity index (χ0v) is 14.9. The van der Waals surface area contributed by atoms with Gasteiger partial charge in [-0.2, -0.15) is 0 Å². The van der Waals surface area contributed by atoms with E-state index in [1.54, 1.807) is 7.05 Å². The Morgan fingerprint density at radius 3 is 2.71 bits per heavy atom. The highest BCUT2D eigenvalue weighted by Crippen LogP contribution is 2.26. The maximum Gasteiger partial charge on any atom is 0.225 e. The Bertz CT molecular complexity index is 564. The van der Waals surface area contributed by atoms with Crippen molar-refractivity contribution in [2.45, 2.75) is 45.6 Å². The molecular formula is C19H29N3O2. The zero-order valence-electron chi connectivity index (χ0n) is 14.9. The average molecular weight is 331 g/mol. The molecule has 1 aliphatic heterocycles. The molecule has 24 heavy (non-hydrogen) atoms. The van der Waals surface area contributed by atoms with Crippen molar-refractivity contribution in [1.82, 2.24) is 15.2 Å². The minimum atomic E-state index is 0.134. The lowest BCUT2D eigenvalue weighted by Crippen LogP contribution is -2.52. The lowest BCUT2D eigenvalue weighted by Gasteiger charge is -2.37. The van der Waals surface area contributed by atoms with E-state index in [0.717, 1.165) is 43.4 Å². The highest BCUT2D eigenvalue weighted by molar-refractivity contribution is 5.79. The van der Waals surface area contributed by atoms with Crippen molar-refractivity contribution in [3.63, 3.8) is 0 Å². The minimum absolute atomic E-state index is 0.134. The molecule has 2 aliphatic rings. The summed E-state index contributed by atoms with van der Waals surface area (Å²) >= 11 is 0. The molecule has 1 aromatic rings. The molecule has 1 aliphatic carbocycles. The summed E-state index contributed by atoms with van der Waals surface area (Å²) in [6.07, 6.45) is 6.66. The molecule has 0 bridgehead atoms. The number of aryl methyl sites for hydroxylation is 1. The molecule has 1 saturated heterocycles. The first-order chi connectivity index (χ1) is 11.7. The standard InChI is InChI=1S/C19H29N3O2/c1-14-18(24-13-15-6-4-3-5-7-15)9-8-17(21-14)12-22-10-16(11-22)19(23)20-2/h8-9,15-16H,3-7,10-13H2,1-2H3,(H,20,23). The molecule has 2 heterocycles. The minimum Gasteiger partial charge on any atom is -0.491 e. The van der Waals surface area contributed by atoms with Crippen LogP contribution in [0.4, 0.5) is 0 Å². The number of nitrogens with one attached hydrogen (secondary N) is 1. The number of rotatable bonds is 6. The van der Waals surface area contributed by atoms with Gasteiger partial charge in [0.25, 0.3) is 0 Å². The molecule has 2 fully saturated rings. The lowest BCUT2D eigenvalue weighted by molar-refractivity contribution is -0.129. The van der Waals surface area contributed by atoms with Gasteiger partial charge in [0.2, 0.25) is 5.91 Å². The van der Waals surface area contributed by atoms with E-state index in [2.05, 4.69) is 27.3 Å². The van der Waals surface area contributed by atoms with Crippen molar-refractivity contribution in [3.05, 3.63) is 23.5 Å². The topological polar surface area (TPSA) is 54.5 Å². The summed E-state index contributed by atoms with van der Waals surface area (Å²) in [7, 11) is 1.70.